The third-order valence-electron chi connectivity index (χ3n) is 6.97. The third kappa shape index (κ3) is 6.13. The second kappa shape index (κ2) is 11.7. The number of ether oxygens (including phenoxy) is 1. The number of amides is 2. The highest BCUT2D eigenvalue weighted by Crippen LogP contribution is 2.40. The zero-order valence-electron chi connectivity index (χ0n) is 22.2. The average molecular weight is 548 g/mol. The first kappa shape index (κ1) is 27.9. The molecule has 0 saturated carbocycles. The van der Waals surface area contributed by atoms with Crippen molar-refractivity contribution in [1.82, 2.24) is 20.4 Å². The number of H-pyrrole nitrogens is 1. The molecule has 4 rings (SSSR count). The number of halogens is 1. The number of aryl methyl sites for hydroxylation is 2. The van der Waals surface area contributed by atoms with E-state index in [0.29, 0.717) is 40.4 Å². The van der Waals surface area contributed by atoms with Gasteiger partial charge in [0.05, 0.1) is 23.7 Å². The molecule has 10 heteroatoms. The van der Waals surface area contributed by atoms with Crippen molar-refractivity contribution in [1.29, 1.82) is 5.26 Å². The summed E-state index contributed by atoms with van der Waals surface area (Å²) in [6, 6.07) is 14.6. The van der Waals surface area contributed by atoms with Crippen molar-refractivity contribution in [2.45, 2.75) is 58.7 Å². The zero-order chi connectivity index (χ0) is 28.3. The van der Waals surface area contributed by atoms with E-state index in [0.717, 1.165) is 5.56 Å². The van der Waals surface area contributed by atoms with Crippen molar-refractivity contribution in [3.63, 3.8) is 0 Å². The van der Waals surface area contributed by atoms with Crippen LogP contribution >= 0.6 is 11.6 Å². The van der Waals surface area contributed by atoms with Gasteiger partial charge in [0.2, 0.25) is 5.91 Å². The number of aromatic amines is 1. The van der Waals surface area contributed by atoms with Gasteiger partial charge in [0, 0.05) is 22.7 Å². The SMILES string of the molecule is Cc1cc(Oc2ccc(C(=O)NC(C)C(=O)N3[C@@H](C(C)C#N)CC[C@H]3c3cccc(Cl)c3)cc2C)c(=O)[nH]n1. The lowest BCUT2D eigenvalue weighted by Gasteiger charge is -2.34. The van der Waals surface area contributed by atoms with E-state index in [9.17, 15) is 19.6 Å². The van der Waals surface area contributed by atoms with Crippen LogP contribution in [0.3, 0.4) is 0 Å². The van der Waals surface area contributed by atoms with Gasteiger partial charge in [-0.05, 0) is 82.0 Å². The molecule has 2 heterocycles. The number of nitrogens with one attached hydrogen (secondary N) is 2. The monoisotopic (exact) mass is 547 g/mol. The molecule has 0 aliphatic carbocycles. The summed E-state index contributed by atoms with van der Waals surface area (Å²) in [4.78, 5) is 40.6. The minimum atomic E-state index is -0.833. The fourth-order valence-electron chi connectivity index (χ4n) is 4.92. The molecule has 3 aromatic rings. The molecule has 0 radical (unpaired) electrons. The van der Waals surface area contributed by atoms with E-state index < -0.39 is 17.5 Å². The number of aromatic nitrogens is 2. The second-order valence-corrected chi connectivity index (χ2v) is 10.3. The first-order chi connectivity index (χ1) is 18.6. The molecule has 1 aliphatic heterocycles. The number of likely N-dealkylation sites (tertiary alicyclic amines) is 1. The van der Waals surface area contributed by atoms with E-state index in [-0.39, 0.29) is 29.7 Å². The molecule has 2 amide bonds. The van der Waals surface area contributed by atoms with Gasteiger partial charge in [-0.1, -0.05) is 23.7 Å². The van der Waals surface area contributed by atoms with Gasteiger partial charge in [-0.2, -0.15) is 10.4 Å². The molecule has 0 bridgehead atoms. The van der Waals surface area contributed by atoms with Crippen LogP contribution in [0.2, 0.25) is 5.02 Å². The van der Waals surface area contributed by atoms with E-state index in [1.807, 2.05) is 25.1 Å². The highest BCUT2D eigenvalue weighted by molar-refractivity contribution is 6.30. The average Bonchev–Trinajstić information content (AvgIpc) is 3.36. The van der Waals surface area contributed by atoms with Crippen LogP contribution in [0.5, 0.6) is 11.5 Å². The van der Waals surface area contributed by atoms with E-state index >= 15 is 0 Å². The standard InChI is InChI=1S/C29H30ClN5O4/c1-16-12-21(8-11-25(16)39-26-13-18(3)33-34-28(26)37)27(36)32-19(4)29(38)35-23(17(2)15-31)9-10-24(35)20-6-5-7-22(30)14-20/h5-8,11-14,17,19,23-24H,9-10H2,1-4H3,(H,32,36)(H,34,37)/t17?,19?,23-,24+/m1/s1. The van der Waals surface area contributed by atoms with Gasteiger partial charge in [0.15, 0.2) is 5.75 Å². The lowest BCUT2D eigenvalue weighted by molar-refractivity contribution is -0.136. The second-order valence-electron chi connectivity index (χ2n) is 9.86. The quantitative estimate of drug-likeness (QED) is 0.435. The number of carbonyl (C=O) groups excluding carboxylic acids is 2. The molecule has 39 heavy (non-hydrogen) atoms. The van der Waals surface area contributed by atoms with Gasteiger partial charge in [0.1, 0.15) is 11.8 Å². The largest absolute Gasteiger partial charge is 0.451 e. The van der Waals surface area contributed by atoms with Crippen LogP contribution in [0, 0.1) is 31.1 Å². The number of hydrogen-bond acceptors (Lipinski definition) is 6. The van der Waals surface area contributed by atoms with E-state index in [2.05, 4.69) is 21.6 Å². The Balaban J connectivity index is 1.51. The van der Waals surface area contributed by atoms with Crippen molar-refractivity contribution in [3.8, 4) is 17.6 Å². The lowest BCUT2D eigenvalue weighted by atomic mass is 10.0. The van der Waals surface area contributed by atoms with Crippen molar-refractivity contribution in [2.75, 3.05) is 0 Å². The Labute approximate surface area is 231 Å². The number of nitriles is 1. The minimum absolute atomic E-state index is 0.100. The first-order valence-electron chi connectivity index (χ1n) is 12.7. The number of hydrogen-bond donors (Lipinski definition) is 2. The van der Waals surface area contributed by atoms with Crippen molar-refractivity contribution >= 4 is 23.4 Å². The van der Waals surface area contributed by atoms with Crippen LogP contribution in [-0.4, -0.2) is 39.0 Å². The Bertz CT molecular complexity index is 1500. The molecule has 1 aliphatic rings. The number of rotatable bonds is 7. The Morgan fingerprint density at radius 1 is 1.15 bits per heavy atom. The smallest absolute Gasteiger partial charge is 0.307 e. The number of carbonyl (C=O) groups is 2. The molecule has 0 spiro atoms. The van der Waals surface area contributed by atoms with Crippen molar-refractivity contribution in [2.24, 2.45) is 5.92 Å². The van der Waals surface area contributed by atoms with Gasteiger partial charge >= 0.3 is 5.56 Å². The van der Waals surface area contributed by atoms with Crippen molar-refractivity contribution in [3.05, 3.63) is 86.3 Å². The van der Waals surface area contributed by atoms with E-state index in [4.69, 9.17) is 16.3 Å². The maximum absolute atomic E-state index is 13.7. The Morgan fingerprint density at radius 2 is 1.92 bits per heavy atom. The minimum Gasteiger partial charge on any atom is -0.451 e. The Kier molecular flexibility index (Phi) is 8.36. The maximum Gasteiger partial charge on any atom is 0.307 e. The Hall–Kier alpha value is -4.16. The van der Waals surface area contributed by atoms with Gasteiger partial charge in [-0.3, -0.25) is 14.4 Å². The maximum atomic E-state index is 13.7. The van der Waals surface area contributed by atoms with Crippen LogP contribution in [0.1, 0.15) is 59.9 Å². The van der Waals surface area contributed by atoms with Crippen LogP contribution in [0.25, 0.3) is 0 Å². The van der Waals surface area contributed by atoms with Gasteiger partial charge < -0.3 is 15.0 Å². The fourth-order valence-corrected chi connectivity index (χ4v) is 5.12. The molecule has 1 aromatic heterocycles. The summed E-state index contributed by atoms with van der Waals surface area (Å²) < 4.78 is 5.74. The summed E-state index contributed by atoms with van der Waals surface area (Å²) in [7, 11) is 0. The molecule has 9 nitrogen and oxygen atoms in total. The topological polar surface area (TPSA) is 128 Å². The van der Waals surface area contributed by atoms with E-state index in [1.165, 1.54) is 6.07 Å². The highest BCUT2D eigenvalue weighted by atomic mass is 35.5. The summed E-state index contributed by atoms with van der Waals surface area (Å²) in [5.41, 5.74) is 2.01. The molecular formula is C29H30ClN5O4. The van der Waals surface area contributed by atoms with Gasteiger partial charge in [0.25, 0.3) is 5.91 Å². The molecule has 1 fully saturated rings. The summed E-state index contributed by atoms with van der Waals surface area (Å²) >= 11 is 6.22. The normalized spacial score (nSPS) is 18.2. The molecular weight excluding hydrogens is 518 g/mol. The molecule has 2 N–H and O–H groups in total. The van der Waals surface area contributed by atoms with E-state index in [1.54, 1.807) is 49.9 Å². The summed E-state index contributed by atoms with van der Waals surface area (Å²) in [6.07, 6.45) is 1.38. The van der Waals surface area contributed by atoms with Crippen molar-refractivity contribution < 1.29 is 14.3 Å². The molecule has 2 aromatic carbocycles. The number of nitrogens with zero attached hydrogens (tertiary/aromatic N) is 3. The fraction of sp³-hybridized carbons (Fsp3) is 0.345. The van der Waals surface area contributed by atoms with Gasteiger partial charge in [-0.15, -0.1) is 0 Å². The molecule has 202 valence electrons. The van der Waals surface area contributed by atoms with Crippen LogP contribution < -0.4 is 15.6 Å². The summed E-state index contributed by atoms with van der Waals surface area (Å²) in [5.74, 6) is -0.536. The molecule has 4 atom stereocenters. The van der Waals surface area contributed by atoms with Crippen LogP contribution in [-0.2, 0) is 4.79 Å². The predicted molar refractivity (Wildman–Crippen MR) is 147 cm³/mol. The highest BCUT2D eigenvalue weighted by Gasteiger charge is 2.42. The van der Waals surface area contributed by atoms with Crippen LogP contribution in [0.4, 0.5) is 0 Å². The molecule has 1 saturated heterocycles. The predicted octanol–water partition coefficient (Wildman–Crippen LogP) is 4.84. The van der Waals surface area contributed by atoms with Crippen LogP contribution in [0.15, 0.2) is 53.3 Å². The molecule has 2 unspecified atom stereocenters. The first-order valence-corrected chi connectivity index (χ1v) is 13.1. The summed E-state index contributed by atoms with van der Waals surface area (Å²) in [5, 5.41) is 19.2. The zero-order valence-corrected chi connectivity index (χ0v) is 23.0. The lowest BCUT2D eigenvalue weighted by Crippen LogP contribution is -2.50. The third-order valence-corrected chi connectivity index (χ3v) is 7.21. The Morgan fingerprint density at radius 3 is 2.62 bits per heavy atom. The van der Waals surface area contributed by atoms with Gasteiger partial charge in [-0.25, -0.2) is 5.10 Å². The number of benzene rings is 2. The summed E-state index contributed by atoms with van der Waals surface area (Å²) in [6.45, 7) is 6.94.